The van der Waals surface area contributed by atoms with Gasteiger partial charge in [0.1, 0.15) is 11.3 Å². The highest BCUT2D eigenvalue weighted by Gasteiger charge is 2.15. The fraction of sp³-hybridized carbons (Fsp3) is 0.214. The molecule has 0 aliphatic heterocycles. The van der Waals surface area contributed by atoms with Gasteiger partial charge in [-0.05, 0) is 23.8 Å². The summed E-state index contributed by atoms with van der Waals surface area (Å²) in [6, 6.07) is 9.02. The molecule has 104 valence electrons. The van der Waals surface area contributed by atoms with Crippen molar-refractivity contribution >= 4 is 11.8 Å². The number of anilines is 1. The molecule has 6 nitrogen and oxygen atoms in total. The van der Waals surface area contributed by atoms with E-state index in [1.54, 1.807) is 19.1 Å². The van der Waals surface area contributed by atoms with Crippen molar-refractivity contribution in [3.63, 3.8) is 0 Å². The van der Waals surface area contributed by atoms with Crippen molar-refractivity contribution in [1.82, 2.24) is 10.2 Å². The van der Waals surface area contributed by atoms with Crippen LogP contribution in [0, 0.1) is 0 Å². The van der Waals surface area contributed by atoms with Gasteiger partial charge < -0.3 is 14.7 Å². The van der Waals surface area contributed by atoms with E-state index in [-0.39, 0.29) is 5.56 Å². The van der Waals surface area contributed by atoms with Crippen LogP contribution in [0.4, 0.5) is 5.82 Å². The molecule has 0 spiro atoms. The van der Waals surface area contributed by atoms with Crippen LogP contribution in [0.15, 0.2) is 36.5 Å². The summed E-state index contributed by atoms with van der Waals surface area (Å²) < 4.78 is 5.16. The highest BCUT2D eigenvalue weighted by molar-refractivity contribution is 5.93. The standard InChI is InChI=1S/C14H15N3O3/c1-17(9-10-4-3-5-11(8-10)20-2)13-12(14(18)19)6-7-15-16-13/h3-8H,9H2,1-2H3,(H,18,19). The SMILES string of the molecule is COc1cccc(CN(C)c2nnccc2C(=O)O)c1. The fourth-order valence-electron chi connectivity index (χ4n) is 1.89. The molecule has 1 N–H and O–H groups in total. The van der Waals surface area contributed by atoms with E-state index < -0.39 is 5.97 Å². The Morgan fingerprint density at radius 3 is 2.90 bits per heavy atom. The van der Waals surface area contributed by atoms with E-state index in [1.165, 1.54) is 12.3 Å². The largest absolute Gasteiger partial charge is 0.497 e. The van der Waals surface area contributed by atoms with Gasteiger partial charge in [-0.3, -0.25) is 0 Å². The quantitative estimate of drug-likeness (QED) is 0.895. The van der Waals surface area contributed by atoms with Crippen LogP contribution < -0.4 is 9.64 Å². The first kappa shape index (κ1) is 13.8. The zero-order chi connectivity index (χ0) is 14.5. The zero-order valence-electron chi connectivity index (χ0n) is 11.3. The Morgan fingerprint density at radius 2 is 2.20 bits per heavy atom. The van der Waals surface area contributed by atoms with Gasteiger partial charge in [-0.2, -0.15) is 5.10 Å². The molecular weight excluding hydrogens is 258 g/mol. The van der Waals surface area contributed by atoms with E-state index in [1.807, 2.05) is 24.3 Å². The van der Waals surface area contributed by atoms with E-state index >= 15 is 0 Å². The molecule has 0 atom stereocenters. The monoisotopic (exact) mass is 273 g/mol. The summed E-state index contributed by atoms with van der Waals surface area (Å²) >= 11 is 0. The zero-order valence-corrected chi connectivity index (χ0v) is 11.3. The number of nitrogens with zero attached hydrogens (tertiary/aromatic N) is 3. The predicted molar refractivity (Wildman–Crippen MR) is 74.1 cm³/mol. The second kappa shape index (κ2) is 6.01. The van der Waals surface area contributed by atoms with Crippen LogP contribution in [0.25, 0.3) is 0 Å². The molecule has 0 radical (unpaired) electrons. The molecule has 6 heteroatoms. The van der Waals surface area contributed by atoms with Gasteiger partial charge in [0.05, 0.1) is 13.3 Å². The average Bonchev–Trinajstić information content (AvgIpc) is 2.47. The van der Waals surface area contributed by atoms with Gasteiger partial charge in [0.25, 0.3) is 0 Å². The van der Waals surface area contributed by atoms with E-state index in [0.29, 0.717) is 12.4 Å². The molecule has 2 rings (SSSR count). The maximum atomic E-state index is 11.2. The second-order valence-electron chi connectivity index (χ2n) is 4.28. The summed E-state index contributed by atoms with van der Waals surface area (Å²) in [6.07, 6.45) is 1.37. The summed E-state index contributed by atoms with van der Waals surface area (Å²) in [5.41, 5.74) is 1.12. The van der Waals surface area contributed by atoms with Gasteiger partial charge in [0.2, 0.25) is 0 Å². The van der Waals surface area contributed by atoms with Crippen LogP contribution in [0.3, 0.4) is 0 Å². The van der Waals surface area contributed by atoms with Crippen LogP contribution in [0.5, 0.6) is 5.75 Å². The summed E-state index contributed by atoms with van der Waals surface area (Å²) in [5.74, 6) is 0.0729. The van der Waals surface area contributed by atoms with Crippen LogP contribution in [0.2, 0.25) is 0 Å². The maximum Gasteiger partial charge on any atom is 0.339 e. The van der Waals surface area contributed by atoms with E-state index in [4.69, 9.17) is 9.84 Å². The number of carboxylic acids is 1. The fourth-order valence-corrected chi connectivity index (χ4v) is 1.89. The molecule has 0 aliphatic rings. The lowest BCUT2D eigenvalue weighted by Gasteiger charge is -2.19. The Balaban J connectivity index is 2.23. The number of carboxylic acid groups (broad SMARTS) is 1. The number of ether oxygens (including phenoxy) is 1. The van der Waals surface area contributed by atoms with Crippen molar-refractivity contribution < 1.29 is 14.6 Å². The lowest BCUT2D eigenvalue weighted by molar-refractivity contribution is 0.0697. The Bertz CT molecular complexity index is 616. The molecule has 1 aromatic carbocycles. The third kappa shape index (κ3) is 3.03. The second-order valence-corrected chi connectivity index (χ2v) is 4.28. The van der Waals surface area contributed by atoms with Gasteiger partial charge in [0, 0.05) is 13.6 Å². The van der Waals surface area contributed by atoms with Crippen molar-refractivity contribution in [2.75, 3.05) is 19.1 Å². The third-order valence-electron chi connectivity index (χ3n) is 2.85. The Kier molecular flexibility index (Phi) is 4.14. The van der Waals surface area contributed by atoms with Gasteiger partial charge in [-0.1, -0.05) is 12.1 Å². The van der Waals surface area contributed by atoms with Crippen molar-refractivity contribution in [2.45, 2.75) is 6.54 Å². The average molecular weight is 273 g/mol. The van der Waals surface area contributed by atoms with Crippen molar-refractivity contribution in [3.05, 3.63) is 47.7 Å². The number of aromatic nitrogens is 2. The lowest BCUT2D eigenvalue weighted by atomic mass is 10.2. The van der Waals surface area contributed by atoms with Crippen LogP contribution >= 0.6 is 0 Å². The number of carbonyl (C=O) groups is 1. The Labute approximate surface area is 116 Å². The highest BCUT2D eigenvalue weighted by Crippen LogP contribution is 2.19. The highest BCUT2D eigenvalue weighted by atomic mass is 16.5. The first-order chi connectivity index (χ1) is 9.61. The third-order valence-corrected chi connectivity index (χ3v) is 2.85. The Morgan fingerprint density at radius 1 is 1.40 bits per heavy atom. The van der Waals surface area contributed by atoms with E-state index in [9.17, 15) is 4.79 Å². The normalized spacial score (nSPS) is 10.1. The van der Waals surface area contributed by atoms with Crippen LogP contribution in [0.1, 0.15) is 15.9 Å². The molecule has 0 unspecified atom stereocenters. The molecule has 20 heavy (non-hydrogen) atoms. The number of aromatic carboxylic acids is 1. The first-order valence-electron chi connectivity index (χ1n) is 6.01. The number of rotatable bonds is 5. The molecule has 1 aromatic heterocycles. The minimum atomic E-state index is -1.02. The van der Waals surface area contributed by atoms with Gasteiger partial charge in [-0.15, -0.1) is 5.10 Å². The molecule has 0 bridgehead atoms. The number of benzene rings is 1. The first-order valence-corrected chi connectivity index (χ1v) is 6.01. The molecular formula is C14H15N3O3. The molecule has 0 saturated carbocycles. The summed E-state index contributed by atoms with van der Waals surface area (Å²) in [5, 5.41) is 16.8. The Hall–Kier alpha value is -2.63. The van der Waals surface area contributed by atoms with Crippen LogP contribution in [-0.2, 0) is 6.54 Å². The maximum absolute atomic E-state index is 11.2. The van der Waals surface area contributed by atoms with Crippen molar-refractivity contribution in [2.24, 2.45) is 0 Å². The molecule has 0 aliphatic carbocycles. The molecule has 2 aromatic rings. The lowest BCUT2D eigenvalue weighted by Crippen LogP contribution is -2.21. The van der Waals surface area contributed by atoms with Gasteiger partial charge in [0.15, 0.2) is 5.82 Å². The number of hydrogen-bond donors (Lipinski definition) is 1. The summed E-state index contributed by atoms with van der Waals surface area (Å²) in [4.78, 5) is 12.9. The minimum Gasteiger partial charge on any atom is -0.497 e. The number of hydrogen-bond acceptors (Lipinski definition) is 5. The van der Waals surface area contributed by atoms with Crippen molar-refractivity contribution in [3.8, 4) is 5.75 Å². The predicted octanol–water partition coefficient (Wildman–Crippen LogP) is 1.82. The van der Waals surface area contributed by atoms with E-state index in [2.05, 4.69) is 10.2 Å². The van der Waals surface area contributed by atoms with E-state index in [0.717, 1.165) is 11.3 Å². The minimum absolute atomic E-state index is 0.130. The molecule has 0 fully saturated rings. The van der Waals surface area contributed by atoms with Gasteiger partial charge >= 0.3 is 5.97 Å². The smallest absolute Gasteiger partial charge is 0.339 e. The molecule has 1 heterocycles. The van der Waals surface area contributed by atoms with Crippen molar-refractivity contribution in [1.29, 1.82) is 0 Å². The molecule has 0 saturated heterocycles. The molecule has 0 amide bonds. The topological polar surface area (TPSA) is 75.5 Å². The van der Waals surface area contributed by atoms with Gasteiger partial charge in [-0.25, -0.2) is 4.79 Å². The summed E-state index contributed by atoms with van der Waals surface area (Å²) in [6.45, 7) is 0.510. The summed E-state index contributed by atoms with van der Waals surface area (Å²) in [7, 11) is 3.38. The van der Waals surface area contributed by atoms with Crippen LogP contribution in [-0.4, -0.2) is 35.4 Å². The number of methoxy groups -OCH3 is 1.